The first kappa shape index (κ1) is 18.5. The van der Waals surface area contributed by atoms with Crippen molar-refractivity contribution in [1.29, 1.82) is 0 Å². The van der Waals surface area contributed by atoms with E-state index in [2.05, 4.69) is 4.98 Å². The number of aromatic amines is 1. The topological polar surface area (TPSA) is 90.9 Å². The molecule has 0 radical (unpaired) electrons. The van der Waals surface area contributed by atoms with Crippen LogP contribution in [0.2, 0.25) is 0 Å². The smallest absolute Gasteiger partial charge is 0.248 e. The van der Waals surface area contributed by atoms with Crippen LogP contribution in [-0.4, -0.2) is 27.0 Å². The minimum Gasteiger partial charge on any atom is -0.495 e. The number of aryl methyl sites for hydroxylation is 1. The number of hydrogen-bond donors (Lipinski definition) is 1. The third-order valence-electron chi connectivity index (χ3n) is 4.03. The summed E-state index contributed by atoms with van der Waals surface area (Å²) in [7, 11) is 1.59. The van der Waals surface area contributed by atoms with Crippen LogP contribution in [0.3, 0.4) is 0 Å². The van der Waals surface area contributed by atoms with Crippen LogP contribution in [0.5, 0.6) is 5.75 Å². The molecule has 0 bridgehead atoms. The molecule has 4 aromatic rings. The number of rotatable bonds is 2. The van der Waals surface area contributed by atoms with Gasteiger partial charge in [-0.2, -0.15) is 0 Å². The molecule has 6 nitrogen and oxygen atoms in total. The Hall–Kier alpha value is -2.83. The molecule has 4 rings (SSSR count). The molecule has 0 aliphatic carbocycles. The molecule has 7 heteroatoms. The summed E-state index contributed by atoms with van der Waals surface area (Å²) in [5, 5.41) is 0.907. The van der Waals surface area contributed by atoms with Crippen molar-refractivity contribution in [3.05, 3.63) is 64.7 Å². The van der Waals surface area contributed by atoms with E-state index in [1.54, 1.807) is 7.11 Å². The van der Waals surface area contributed by atoms with Crippen LogP contribution in [0.4, 0.5) is 0 Å². The Balaban J connectivity index is 0.00000113. The Morgan fingerprint density at radius 2 is 1.96 bits per heavy atom. The van der Waals surface area contributed by atoms with E-state index < -0.39 is 0 Å². The second-order valence-corrected chi connectivity index (χ2v) is 5.47. The highest BCUT2D eigenvalue weighted by atomic mass is 35.5. The zero-order valence-corrected chi connectivity index (χ0v) is 14.6. The Kier molecular flexibility index (Phi) is 5.15. The number of H-pyrrole nitrogens is 1. The van der Waals surface area contributed by atoms with E-state index in [-0.39, 0.29) is 23.4 Å². The highest BCUT2D eigenvalue weighted by molar-refractivity contribution is 5.97. The molecule has 0 saturated heterocycles. The molecule has 3 heterocycles. The lowest BCUT2D eigenvalue weighted by Crippen LogP contribution is -2.04. The monoisotopic (exact) mass is 359 g/mol. The van der Waals surface area contributed by atoms with E-state index >= 15 is 0 Å². The maximum atomic E-state index is 11.7. The summed E-state index contributed by atoms with van der Waals surface area (Å²) in [4.78, 5) is 19.2. The number of imidazole rings is 1. The van der Waals surface area contributed by atoms with Crippen molar-refractivity contribution in [3.63, 3.8) is 0 Å². The molecule has 0 spiro atoms. The predicted molar refractivity (Wildman–Crippen MR) is 101 cm³/mol. The van der Waals surface area contributed by atoms with E-state index in [1.807, 2.05) is 54.0 Å². The van der Waals surface area contributed by atoms with Crippen molar-refractivity contribution in [3.8, 4) is 17.0 Å². The van der Waals surface area contributed by atoms with Crippen molar-refractivity contribution in [2.45, 2.75) is 6.92 Å². The van der Waals surface area contributed by atoms with Crippen LogP contribution in [0.25, 0.3) is 27.8 Å². The Morgan fingerprint density at radius 1 is 1.16 bits per heavy atom. The van der Waals surface area contributed by atoms with Gasteiger partial charge in [0.2, 0.25) is 5.56 Å². The number of methoxy groups -OCH3 is 1. The molecular formula is C18H18ClN3O3. The van der Waals surface area contributed by atoms with Crippen molar-refractivity contribution < 1.29 is 10.2 Å². The predicted octanol–water partition coefficient (Wildman–Crippen LogP) is 2.76. The fraction of sp³-hybridized carbons (Fsp3) is 0.111. The van der Waals surface area contributed by atoms with Crippen LogP contribution in [0.15, 0.2) is 53.6 Å². The summed E-state index contributed by atoms with van der Waals surface area (Å²) in [5.41, 5.74) is 4.39. The van der Waals surface area contributed by atoms with Gasteiger partial charge in [0.15, 0.2) is 0 Å². The van der Waals surface area contributed by atoms with Gasteiger partial charge < -0.3 is 19.6 Å². The number of benzene rings is 1. The lowest BCUT2D eigenvalue weighted by atomic mass is 10.1. The summed E-state index contributed by atoms with van der Waals surface area (Å²) < 4.78 is 7.36. The quantitative estimate of drug-likeness (QED) is 0.596. The number of ether oxygens (including phenoxy) is 1. The van der Waals surface area contributed by atoms with Gasteiger partial charge in [0.25, 0.3) is 0 Å². The highest BCUT2D eigenvalue weighted by Crippen LogP contribution is 2.32. The molecule has 0 atom stereocenters. The normalized spacial score (nSPS) is 10.3. The summed E-state index contributed by atoms with van der Waals surface area (Å²) in [5.74, 6) is 0.640. The van der Waals surface area contributed by atoms with Crippen LogP contribution < -0.4 is 10.3 Å². The first-order valence-electron chi connectivity index (χ1n) is 7.32. The fourth-order valence-corrected chi connectivity index (χ4v) is 2.90. The highest BCUT2D eigenvalue weighted by Gasteiger charge is 2.12. The van der Waals surface area contributed by atoms with E-state index in [0.29, 0.717) is 11.3 Å². The molecule has 25 heavy (non-hydrogen) atoms. The maximum absolute atomic E-state index is 11.7. The molecule has 0 amide bonds. The molecule has 130 valence electrons. The van der Waals surface area contributed by atoms with Gasteiger partial charge in [-0.25, -0.2) is 4.98 Å². The van der Waals surface area contributed by atoms with E-state index in [4.69, 9.17) is 9.72 Å². The van der Waals surface area contributed by atoms with Gasteiger partial charge in [0.1, 0.15) is 11.4 Å². The average molecular weight is 360 g/mol. The molecule has 0 fully saturated rings. The number of nitrogens with one attached hydrogen (secondary N) is 1. The molecule has 1 aromatic carbocycles. The number of nitrogens with zero attached hydrogens (tertiary/aromatic N) is 2. The zero-order valence-electron chi connectivity index (χ0n) is 13.7. The van der Waals surface area contributed by atoms with Crippen LogP contribution >= 0.6 is 12.4 Å². The van der Waals surface area contributed by atoms with Crippen LogP contribution in [0, 0.1) is 6.92 Å². The van der Waals surface area contributed by atoms with Gasteiger partial charge in [-0.3, -0.25) is 4.79 Å². The van der Waals surface area contributed by atoms with Crippen molar-refractivity contribution in [1.82, 2.24) is 14.4 Å². The Morgan fingerprint density at radius 3 is 2.68 bits per heavy atom. The lowest BCUT2D eigenvalue weighted by Gasteiger charge is -2.08. The number of halogens is 1. The first-order valence-corrected chi connectivity index (χ1v) is 7.32. The van der Waals surface area contributed by atoms with E-state index in [9.17, 15) is 4.79 Å². The first-order chi connectivity index (χ1) is 11.2. The molecule has 0 saturated carbocycles. The molecule has 3 aromatic heterocycles. The van der Waals surface area contributed by atoms with E-state index in [0.717, 1.165) is 27.9 Å². The SMILES string of the molecule is COc1ccc(-c2cn3cccc(C)c3n2)c2ccc(=O)[nH]c12.Cl.O. The van der Waals surface area contributed by atoms with E-state index in [1.165, 1.54) is 6.07 Å². The Labute approximate surface area is 149 Å². The largest absolute Gasteiger partial charge is 0.495 e. The molecule has 0 aliphatic rings. The second kappa shape index (κ2) is 6.96. The van der Waals surface area contributed by atoms with Crippen LogP contribution in [-0.2, 0) is 0 Å². The number of pyridine rings is 2. The number of aromatic nitrogens is 3. The van der Waals surface area contributed by atoms with Gasteiger partial charge in [-0.1, -0.05) is 6.07 Å². The third kappa shape index (κ3) is 2.97. The fourth-order valence-electron chi connectivity index (χ4n) is 2.90. The summed E-state index contributed by atoms with van der Waals surface area (Å²) in [6, 6.07) is 11.2. The molecule has 0 aliphatic heterocycles. The minimum atomic E-state index is -0.154. The van der Waals surface area contributed by atoms with Gasteiger partial charge in [-0.15, -0.1) is 12.4 Å². The lowest BCUT2D eigenvalue weighted by molar-refractivity contribution is 0.419. The number of fused-ring (bicyclic) bond motifs is 2. The van der Waals surface area contributed by atoms with Gasteiger partial charge in [0, 0.05) is 29.4 Å². The average Bonchev–Trinajstić information content (AvgIpc) is 2.99. The summed E-state index contributed by atoms with van der Waals surface area (Å²) in [6.07, 6.45) is 3.97. The maximum Gasteiger partial charge on any atom is 0.248 e. The summed E-state index contributed by atoms with van der Waals surface area (Å²) in [6.45, 7) is 2.04. The van der Waals surface area contributed by atoms with Crippen molar-refractivity contribution in [2.24, 2.45) is 0 Å². The van der Waals surface area contributed by atoms with Gasteiger partial charge in [-0.05, 0) is 36.8 Å². The number of hydrogen-bond acceptors (Lipinski definition) is 3. The third-order valence-corrected chi connectivity index (χ3v) is 4.03. The summed E-state index contributed by atoms with van der Waals surface area (Å²) >= 11 is 0. The minimum absolute atomic E-state index is 0. The van der Waals surface area contributed by atoms with Gasteiger partial charge >= 0.3 is 0 Å². The molecule has 0 unspecified atom stereocenters. The van der Waals surface area contributed by atoms with Crippen molar-refractivity contribution >= 4 is 29.0 Å². The second-order valence-electron chi connectivity index (χ2n) is 5.47. The van der Waals surface area contributed by atoms with Crippen molar-refractivity contribution in [2.75, 3.05) is 7.11 Å². The van der Waals surface area contributed by atoms with Gasteiger partial charge in [0.05, 0.1) is 18.3 Å². The van der Waals surface area contributed by atoms with Crippen LogP contribution in [0.1, 0.15) is 5.56 Å². The zero-order chi connectivity index (χ0) is 16.0. The molecule has 3 N–H and O–H groups in total. The standard InChI is InChI=1S/C18H15N3O2.ClH.H2O/c1-11-4-3-9-21-10-14(19-18(11)21)12-5-7-15(23-2)17-13(12)6-8-16(22)20-17;;/h3-10H,1-2H3,(H,20,22);1H;1H2. The molecular weight excluding hydrogens is 342 g/mol. The Bertz CT molecular complexity index is 1100.